The van der Waals surface area contributed by atoms with Gasteiger partial charge < -0.3 is 20.4 Å². The summed E-state index contributed by atoms with van der Waals surface area (Å²) in [6, 6.07) is 38.1. The van der Waals surface area contributed by atoms with Crippen molar-refractivity contribution in [3.8, 4) is 23.0 Å². The Balaban J connectivity index is 1.70. The molecule has 4 unspecified atom stereocenters. The van der Waals surface area contributed by atoms with Crippen LogP contribution in [0.25, 0.3) is 0 Å². The monoisotopic (exact) mass is 530 g/mol. The second kappa shape index (κ2) is 11.6. The maximum absolute atomic E-state index is 10.1. The Kier molecular flexibility index (Phi) is 7.79. The number of phenolic OH excluding ortho intramolecular Hbond substituents is 4. The molecular weight excluding hydrogens is 496 g/mol. The quantitative estimate of drug-likeness (QED) is 0.162. The fourth-order valence-electron chi connectivity index (χ4n) is 5.86. The fourth-order valence-corrected chi connectivity index (χ4v) is 5.86. The van der Waals surface area contributed by atoms with E-state index in [2.05, 4.69) is 38.1 Å². The summed E-state index contributed by atoms with van der Waals surface area (Å²) < 4.78 is 0. The minimum atomic E-state index is -0.0482. The SMILES string of the molecule is CC(c1ccc(O)cc1)C(c1ccc(O)cc1)c1ccccc1C(c1ccc(O)cc1)C(C)c1ccc(O)cc1. The zero-order valence-electron chi connectivity index (χ0n) is 22.6. The molecule has 4 heteroatoms. The molecule has 202 valence electrons. The molecule has 0 amide bonds. The number of aromatic hydroxyl groups is 4. The summed E-state index contributed by atoms with van der Waals surface area (Å²) in [7, 11) is 0. The third-order valence-corrected chi connectivity index (χ3v) is 8.01. The lowest BCUT2D eigenvalue weighted by Gasteiger charge is -2.33. The number of phenols is 4. The van der Waals surface area contributed by atoms with E-state index in [4.69, 9.17) is 0 Å². The Morgan fingerprint density at radius 2 is 0.600 bits per heavy atom. The lowest BCUT2D eigenvalue weighted by Crippen LogP contribution is -2.17. The molecule has 5 aromatic carbocycles. The minimum absolute atomic E-state index is 0.0482. The Labute approximate surface area is 235 Å². The zero-order valence-corrected chi connectivity index (χ0v) is 22.6. The maximum atomic E-state index is 10.1. The second-order valence-corrected chi connectivity index (χ2v) is 10.5. The molecule has 0 aromatic heterocycles. The molecule has 0 saturated heterocycles. The Hall–Kier alpha value is -4.70. The highest BCUT2D eigenvalue weighted by Gasteiger charge is 2.31. The van der Waals surface area contributed by atoms with Crippen LogP contribution in [0.5, 0.6) is 23.0 Å². The van der Waals surface area contributed by atoms with Crippen LogP contribution in [0.2, 0.25) is 0 Å². The molecule has 0 aliphatic carbocycles. The largest absolute Gasteiger partial charge is 0.508 e. The average Bonchev–Trinajstić information content (AvgIpc) is 2.97. The number of hydrogen-bond acceptors (Lipinski definition) is 4. The van der Waals surface area contributed by atoms with Crippen molar-refractivity contribution in [2.75, 3.05) is 0 Å². The third-order valence-electron chi connectivity index (χ3n) is 8.01. The molecule has 4 nitrogen and oxygen atoms in total. The van der Waals surface area contributed by atoms with Gasteiger partial charge in [0.05, 0.1) is 0 Å². The highest BCUT2D eigenvalue weighted by molar-refractivity contribution is 5.49. The van der Waals surface area contributed by atoms with Gasteiger partial charge >= 0.3 is 0 Å². The molecule has 5 aromatic rings. The van der Waals surface area contributed by atoms with Gasteiger partial charge in [0.1, 0.15) is 23.0 Å². The molecule has 0 aliphatic rings. The summed E-state index contributed by atoms with van der Waals surface area (Å²) in [4.78, 5) is 0. The summed E-state index contributed by atoms with van der Waals surface area (Å²) in [6.45, 7) is 4.39. The molecule has 0 aliphatic heterocycles. The Bertz CT molecular complexity index is 1420. The van der Waals surface area contributed by atoms with E-state index in [1.54, 1.807) is 48.5 Å². The van der Waals surface area contributed by atoms with E-state index >= 15 is 0 Å². The molecule has 0 saturated carbocycles. The van der Waals surface area contributed by atoms with Crippen LogP contribution >= 0.6 is 0 Å². The van der Waals surface area contributed by atoms with Gasteiger partial charge in [-0.1, -0.05) is 86.6 Å². The molecule has 0 fully saturated rings. The molecule has 0 radical (unpaired) electrons. The predicted octanol–water partition coefficient (Wildman–Crippen LogP) is 8.38. The van der Waals surface area contributed by atoms with Crippen LogP contribution in [-0.2, 0) is 0 Å². The van der Waals surface area contributed by atoms with E-state index in [1.807, 2.05) is 48.5 Å². The average molecular weight is 531 g/mol. The Morgan fingerprint density at radius 1 is 0.350 bits per heavy atom. The normalized spacial score (nSPS) is 14.2. The summed E-state index contributed by atoms with van der Waals surface area (Å²) >= 11 is 0. The zero-order chi connectivity index (χ0) is 28.2. The van der Waals surface area contributed by atoms with Crippen molar-refractivity contribution >= 4 is 0 Å². The maximum Gasteiger partial charge on any atom is 0.115 e. The van der Waals surface area contributed by atoms with Crippen LogP contribution in [0, 0.1) is 0 Å². The summed E-state index contributed by atoms with van der Waals surface area (Å²) in [5.41, 5.74) is 6.67. The lowest BCUT2D eigenvalue weighted by atomic mass is 9.71. The molecule has 0 spiro atoms. The van der Waals surface area contributed by atoms with Gasteiger partial charge in [0.25, 0.3) is 0 Å². The van der Waals surface area contributed by atoms with Gasteiger partial charge in [0, 0.05) is 11.8 Å². The van der Waals surface area contributed by atoms with Gasteiger partial charge in [-0.05, 0) is 93.7 Å². The van der Waals surface area contributed by atoms with E-state index in [0.717, 1.165) is 33.4 Å². The van der Waals surface area contributed by atoms with E-state index in [1.165, 1.54) is 0 Å². The minimum Gasteiger partial charge on any atom is -0.508 e. The summed E-state index contributed by atoms with van der Waals surface area (Å²) in [5.74, 6) is 0.903. The summed E-state index contributed by atoms with van der Waals surface area (Å²) in [6.07, 6.45) is 0. The third kappa shape index (κ3) is 5.67. The fraction of sp³-hybridized carbons (Fsp3) is 0.167. The first-order valence-electron chi connectivity index (χ1n) is 13.6. The molecular formula is C36H34O4. The highest BCUT2D eigenvalue weighted by Crippen LogP contribution is 2.46. The van der Waals surface area contributed by atoms with Crippen LogP contribution in [0.3, 0.4) is 0 Å². The van der Waals surface area contributed by atoms with Gasteiger partial charge in [-0.15, -0.1) is 0 Å². The van der Waals surface area contributed by atoms with Crippen molar-refractivity contribution in [1.29, 1.82) is 0 Å². The first kappa shape index (κ1) is 26.9. The van der Waals surface area contributed by atoms with E-state index in [9.17, 15) is 20.4 Å². The molecule has 4 N–H and O–H groups in total. The van der Waals surface area contributed by atoms with Gasteiger partial charge in [-0.3, -0.25) is 0 Å². The van der Waals surface area contributed by atoms with E-state index in [0.29, 0.717) is 0 Å². The molecule has 5 rings (SSSR count). The van der Waals surface area contributed by atoms with Crippen molar-refractivity contribution in [2.24, 2.45) is 0 Å². The van der Waals surface area contributed by atoms with Crippen LogP contribution in [0.15, 0.2) is 121 Å². The van der Waals surface area contributed by atoms with E-state index in [-0.39, 0.29) is 46.7 Å². The lowest BCUT2D eigenvalue weighted by molar-refractivity contribution is 0.473. The van der Waals surface area contributed by atoms with Crippen LogP contribution < -0.4 is 0 Å². The highest BCUT2D eigenvalue weighted by atomic mass is 16.3. The molecule has 40 heavy (non-hydrogen) atoms. The van der Waals surface area contributed by atoms with Crippen LogP contribution in [0.1, 0.15) is 70.9 Å². The Morgan fingerprint density at radius 3 is 0.875 bits per heavy atom. The van der Waals surface area contributed by atoms with Crippen molar-refractivity contribution in [1.82, 2.24) is 0 Å². The van der Waals surface area contributed by atoms with Crippen molar-refractivity contribution in [3.05, 3.63) is 155 Å². The first-order chi connectivity index (χ1) is 19.3. The van der Waals surface area contributed by atoms with Crippen LogP contribution in [0.4, 0.5) is 0 Å². The molecule has 0 bridgehead atoms. The van der Waals surface area contributed by atoms with Crippen molar-refractivity contribution < 1.29 is 20.4 Å². The van der Waals surface area contributed by atoms with Crippen LogP contribution in [-0.4, -0.2) is 20.4 Å². The van der Waals surface area contributed by atoms with Gasteiger partial charge in [-0.2, -0.15) is 0 Å². The van der Waals surface area contributed by atoms with E-state index < -0.39 is 0 Å². The van der Waals surface area contributed by atoms with Crippen molar-refractivity contribution in [2.45, 2.75) is 37.5 Å². The predicted molar refractivity (Wildman–Crippen MR) is 159 cm³/mol. The molecule has 4 atom stereocenters. The smallest absolute Gasteiger partial charge is 0.115 e. The topological polar surface area (TPSA) is 80.9 Å². The van der Waals surface area contributed by atoms with Gasteiger partial charge in [0.15, 0.2) is 0 Å². The van der Waals surface area contributed by atoms with Gasteiger partial charge in [-0.25, -0.2) is 0 Å². The van der Waals surface area contributed by atoms with Crippen molar-refractivity contribution in [3.63, 3.8) is 0 Å². The first-order valence-corrected chi connectivity index (χ1v) is 13.6. The summed E-state index contributed by atoms with van der Waals surface area (Å²) in [5, 5.41) is 40.0. The molecule has 0 heterocycles. The number of benzene rings is 5. The second-order valence-electron chi connectivity index (χ2n) is 10.5. The standard InChI is InChI=1S/C36H34O4/c1-23(25-7-15-29(37)16-8-25)35(27-11-19-31(39)20-12-27)33-5-3-4-6-34(33)36(28-13-21-32(40)22-14-28)24(2)26-9-17-30(38)18-10-26/h3-24,35-40H,1-2H3. The number of hydrogen-bond donors (Lipinski definition) is 4. The number of rotatable bonds is 8. The van der Waals surface area contributed by atoms with Gasteiger partial charge in [0.2, 0.25) is 0 Å².